The van der Waals surface area contributed by atoms with Crippen molar-refractivity contribution in [2.24, 2.45) is 5.41 Å². The summed E-state index contributed by atoms with van der Waals surface area (Å²) in [5.41, 5.74) is 0.453. The van der Waals surface area contributed by atoms with Gasteiger partial charge in [0.1, 0.15) is 0 Å². The Balaban J connectivity index is 1.97. The van der Waals surface area contributed by atoms with Gasteiger partial charge in [-0.2, -0.15) is 11.8 Å². The lowest BCUT2D eigenvalue weighted by Crippen LogP contribution is -2.51. The molecule has 0 N–H and O–H groups in total. The van der Waals surface area contributed by atoms with Crippen molar-refractivity contribution in [2.75, 3.05) is 37.4 Å². The lowest BCUT2D eigenvalue weighted by Gasteiger charge is -2.45. The minimum Gasteiger partial charge on any atom is -0.381 e. The van der Waals surface area contributed by atoms with Gasteiger partial charge in [-0.15, -0.1) is 0 Å². The number of hydrogen-bond acceptors (Lipinski definition) is 3. The molecule has 0 aliphatic carbocycles. The van der Waals surface area contributed by atoms with E-state index in [-0.39, 0.29) is 0 Å². The Bertz CT molecular complexity index is 246. The monoisotopic (exact) mass is 321 g/mol. The molecule has 0 aromatic rings. The lowest BCUT2D eigenvalue weighted by molar-refractivity contribution is 0.00235. The van der Waals surface area contributed by atoms with Gasteiger partial charge in [-0.3, -0.25) is 4.90 Å². The fourth-order valence-electron chi connectivity index (χ4n) is 2.79. The molecule has 17 heavy (non-hydrogen) atoms. The Morgan fingerprint density at radius 1 is 1.35 bits per heavy atom. The Morgan fingerprint density at radius 2 is 2.06 bits per heavy atom. The molecule has 2 heterocycles. The highest BCUT2D eigenvalue weighted by molar-refractivity contribution is 9.09. The highest BCUT2D eigenvalue weighted by Crippen LogP contribution is 2.36. The molecular weight excluding hydrogens is 298 g/mol. The van der Waals surface area contributed by atoms with Crippen LogP contribution in [0.4, 0.5) is 0 Å². The van der Waals surface area contributed by atoms with Gasteiger partial charge in [0, 0.05) is 48.7 Å². The van der Waals surface area contributed by atoms with E-state index < -0.39 is 0 Å². The van der Waals surface area contributed by atoms with Gasteiger partial charge in [0.25, 0.3) is 0 Å². The number of rotatable bonds is 3. The van der Waals surface area contributed by atoms with Crippen molar-refractivity contribution >= 4 is 27.7 Å². The van der Waals surface area contributed by atoms with Crippen molar-refractivity contribution in [1.82, 2.24) is 4.90 Å². The van der Waals surface area contributed by atoms with Crippen LogP contribution in [0.3, 0.4) is 0 Å². The third-order valence-corrected chi connectivity index (χ3v) is 6.92. The molecule has 2 saturated heterocycles. The van der Waals surface area contributed by atoms with Crippen LogP contribution in [-0.2, 0) is 4.74 Å². The van der Waals surface area contributed by atoms with Gasteiger partial charge in [-0.1, -0.05) is 22.9 Å². The SMILES string of the molecule is CC1SCCN(CC2(CBr)CCOCC2)C1C. The molecule has 2 fully saturated rings. The van der Waals surface area contributed by atoms with Crippen molar-refractivity contribution in [3.8, 4) is 0 Å². The third kappa shape index (κ3) is 3.40. The molecule has 0 aromatic carbocycles. The molecule has 2 aliphatic rings. The Morgan fingerprint density at radius 3 is 2.71 bits per heavy atom. The Labute approximate surface area is 118 Å². The lowest BCUT2D eigenvalue weighted by atomic mass is 9.81. The zero-order valence-electron chi connectivity index (χ0n) is 11.0. The maximum atomic E-state index is 5.52. The van der Waals surface area contributed by atoms with Crippen LogP contribution < -0.4 is 0 Å². The van der Waals surface area contributed by atoms with Crippen molar-refractivity contribution in [3.63, 3.8) is 0 Å². The summed E-state index contributed by atoms with van der Waals surface area (Å²) >= 11 is 5.86. The van der Waals surface area contributed by atoms with Crippen LogP contribution in [0.25, 0.3) is 0 Å². The van der Waals surface area contributed by atoms with Crippen molar-refractivity contribution in [2.45, 2.75) is 38.0 Å². The zero-order valence-corrected chi connectivity index (χ0v) is 13.4. The van der Waals surface area contributed by atoms with E-state index >= 15 is 0 Å². The average Bonchev–Trinajstić information content (AvgIpc) is 2.36. The number of ether oxygens (including phenoxy) is 1. The van der Waals surface area contributed by atoms with E-state index in [1.165, 1.54) is 31.7 Å². The van der Waals surface area contributed by atoms with Crippen LogP contribution in [0.5, 0.6) is 0 Å². The number of hydrogen-bond donors (Lipinski definition) is 0. The standard InChI is InChI=1S/C13H24BrNOS/c1-11-12(2)17-8-5-15(11)10-13(9-14)3-6-16-7-4-13/h11-12H,3-10H2,1-2H3. The number of nitrogens with zero attached hydrogens (tertiary/aromatic N) is 1. The van der Waals surface area contributed by atoms with Gasteiger partial charge in [0.2, 0.25) is 0 Å². The molecule has 0 amide bonds. The van der Waals surface area contributed by atoms with Crippen LogP contribution in [0.1, 0.15) is 26.7 Å². The van der Waals surface area contributed by atoms with Crippen LogP contribution >= 0.6 is 27.7 Å². The molecule has 0 aromatic heterocycles. The summed E-state index contributed by atoms with van der Waals surface area (Å²) in [4.78, 5) is 2.70. The summed E-state index contributed by atoms with van der Waals surface area (Å²) in [6, 6.07) is 0.715. The summed E-state index contributed by atoms with van der Waals surface area (Å²) in [5, 5.41) is 1.89. The summed E-state index contributed by atoms with van der Waals surface area (Å²) in [6.07, 6.45) is 2.42. The van der Waals surface area contributed by atoms with Crippen LogP contribution in [-0.4, -0.2) is 53.6 Å². The van der Waals surface area contributed by atoms with E-state index in [0.717, 1.165) is 23.8 Å². The van der Waals surface area contributed by atoms with Gasteiger partial charge >= 0.3 is 0 Å². The summed E-state index contributed by atoms with van der Waals surface area (Å²) in [6.45, 7) is 9.14. The predicted molar refractivity (Wildman–Crippen MR) is 79.2 cm³/mol. The number of alkyl halides is 1. The largest absolute Gasteiger partial charge is 0.381 e. The number of halogens is 1. The van der Waals surface area contributed by atoms with Crippen LogP contribution in [0, 0.1) is 5.41 Å². The smallest absolute Gasteiger partial charge is 0.0472 e. The van der Waals surface area contributed by atoms with Crippen molar-refractivity contribution in [3.05, 3.63) is 0 Å². The van der Waals surface area contributed by atoms with E-state index in [9.17, 15) is 0 Å². The van der Waals surface area contributed by atoms with E-state index in [1.807, 2.05) is 0 Å². The quantitative estimate of drug-likeness (QED) is 0.741. The summed E-state index contributed by atoms with van der Waals surface area (Å²) in [5.74, 6) is 1.29. The topological polar surface area (TPSA) is 12.5 Å². The van der Waals surface area contributed by atoms with Gasteiger partial charge < -0.3 is 4.74 Å². The molecule has 2 nitrogen and oxygen atoms in total. The van der Waals surface area contributed by atoms with Gasteiger partial charge in [0.05, 0.1) is 0 Å². The highest BCUT2D eigenvalue weighted by atomic mass is 79.9. The Kier molecular flexibility index (Phi) is 5.22. The second kappa shape index (κ2) is 6.27. The second-order valence-corrected chi connectivity index (χ2v) is 7.58. The predicted octanol–water partition coefficient (Wildman–Crippen LogP) is 3.00. The molecule has 2 atom stereocenters. The van der Waals surface area contributed by atoms with Crippen molar-refractivity contribution in [1.29, 1.82) is 0 Å². The first-order chi connectivity index (χ1) is 8.17. The van der Waals surface area contributed by atoms with Gasteiger partial charge in [-0.05, 0) is 25.2 Å². The maximum Gasteiger partial charge on any atom is 0.0472 e. The minimum atomic E-state index is 0.453. The molecule has 2 unspecified atom stereocenters. The molecular formula is C13H24BrNOS. The fraction of sp³-hybridized carbons (Fsp3) is 1.00. The maximum absolute atomic E-state index is 5.52. The zero-order chi connectivity index (χ0) is 12.3. The van der Waals surface area contributed by atoms with Crippen LogP contribution in [0.15, 0.2) is 0 Å². The fourth-order valence-corrected chi connectivity index (χ4v) is 4.69. The molecule has 0 saturated carbocycles. The van der Waals surface area contributed by atoms with Gasteiger partial charge in [-0.25, -0.2) is 0 Å². The minimum absolute atomic E-state index is 0.453. The highest BCUT2D eigenvalue weighted by Gasteiger charge is 2.36. The summed E-state index contributed by atoms with van der Waals surface area (Å²) < 4.78 is 5.52. The Hall–Kier alpha value is 0.750. The third-order valence-electron chi connectivity index (χ3n) is 4.39. The normalized spacial score (nSPS) is 34.8. The van der Waals surface area contributed by atoms with Gasteiger partial charge in [0.15, 0.2) is 0 Å². The first-order valence-corrected chi connectivity index (χ1v) is 8.83. The molecule has 4 heteroatoms. The molecule has 2 rings (SSSR count). The molecule has 0 radical (unpaired) electrons. The summed E-state index contributed by atoms with van der Waals surface area (Å²) in [7, 11) is 0. The van der Waals surface area contributed by atoms with E-state index in [1.54, 1.807) is 0 Å². The van der Waals surface area contributed by atoms with Crippen LogP contribution in [0.2, 0.25) is 0 Å². The van der Waals surface area contributed by atoms with E-state index in [0.29, 0.717) is 11.5 Å². The van der Waals surface area contributed by atoms with E-state index in [4.69, 9.17) is 4.74 Å². The first kappa shape index (κ1) is 14.2. The number of thioether (sulfide) groups is 1. The molecule has 0 spiro atoms. The van der Waals surface area contributed by atoms with Crippen molar-refractivity contribution < 1.29 is 4.74 Å². The second-order valence-electron chi connectivity index (χ2n) is 5.53. The average molecular weight is 322 g/mol. The molecule has 100 valence electrons. The molecule has 2 aliphatic heterocycles. The first-order valence-electron chi connectivity index (χ1n) is 6.66. The molecule has 0 bridgehead atoms. The van der Waals surface area contributed by atoms with E-state index in [2.05, 4.69) is 46.4 Å².